The van der Waals surface area contributed by atoms with Crippen LogP contribution in [0.4, 0.5) is 0 Å². The van der Waals surface area contributed by atoms with Gasteiger partial charge in [-0.15, -0.1) is 0 Å². The average molecular weight is 290 g/mol. The molecule has 1 fully saturated rings. The van der Waals surface area contributed by atoms with Gasteiger partial charge in [0.2, 0.25) is 5.91 Å². The van der Waals surface area contributed by atoms with E-state index in [1.165, 1.54) is 5.56 Å². The SMILES string of the molecule is Cc1ccc(C2OCCCC2NC(=O)C(C)C(C)N)cc1. The number of aryl methyl sites for hydroxylation is 1. The highest BCUT2D eigenvalue weighted by molar-refractivity contribution is 5.79. The Morgan fingerprint density at radius 3 is 2.62 bits per heavy atom. The van der Waals surface area contributed by atoms with Crippen LogP contribution < -0.4 is 11.1 Å². The van der Waals surface area contributed by atoms with Gasteiger partial charge in [0.05, 0.1) is 6.04 Å². The van der Waals surface area contributed by atoms with Crippen LogP contribution in [0.5, 0.6) is 0 Å². The predicted octanol–water partition coefficient (Wildman–Crippen LogP) is 2.31. The number of carbonyl (C=O) groups excluding carboxylic acids is 1. The maximum Gasteiger partial charge on any atom is 0.224 e. The second-order valence-electron chi connectivity index (χ2n) is 6.11. The summed E-state index contributed by atoms with van der Waals surface area (Å²) in [5.74, 6) is -0.178. The van der Waals surface area contributed by atoms with E-state index in [0.717, 1.165) is 25.0 Å². The lowest BCUT2D eigenvalue weighted by Crippen LogP contribution is -2.47. The normalized spacial score (nSPS) is 25.1. The molecule has 0 spiro atoms. The maximum absolute atomic E-state index is 12.2. The molecule has 1 saturated heterocycles. The van der Waals surface area contributed by atoms with E-state index in [1.807, 2.05) is 13.8 Å². The summed E-state index contributed by atoms with van der Waals surface area (Å²) in [6, 6.07) is 8.20. The Morgan fingerprint density at radius 2 is 2.00 bits per heavy atom. The molecule has 0 bridgehead atoms. The predicted molar refractivity (Wildman–Crippen MR) is 83.9 cm³/mol. The van der Waals surface area contributed by atoms with Crippen molar-refractivity contribution in [3.63, 3.8) is 0 Å². The van der Waals surface area contributed by atoms with Gasteiger partial charge in [0.15, 0.2) is 0 Å². The lowest BCUT2D eigenvalue weighted by Gasteiger charge is -2.33. The Balaban J connectivity index is 2.08. The van der Waals surface area contributed by atoms with Crippen molar-refractivity contribution in [3.8, 4) is 0 Å². The highest BCUT2D eigenvalue weighted by Crippen LogP contribution is 2.29. The van der Waals surface area contributed by atoms with Gasteiger partial charge in [-0.2, -0.15) is 0 Å². The second kappa shape index (κ2) is 7.05. The van der Waals surface area contributed by atoms with Crippen molar-refractivity contribution in [1.82, 2.24) is 5.32 Å². The van der Waals surface area contributed by atoms with Crippen LogP contribution in [0, 0.1) is 12.8 Å². The summed E-state index contributed by atoms with van der Waals surface area (Å²) in [5.41, 5.74) is 8.16. The zero-order chi connectivity index (χ0) is 15.4. The van der Waals surface area contributed by atoms with Crippen molar-refractivity contribution < 1.29 is 9.53 Å². The molecule has 4 atom stereocenters. The monoisotopic (exact) mass is 290 g/mol. The summed E-state index contributed by atoms with van der Waals surface area (Å²) in [6.45, 7) is 6.53. The number of nitrogens with two attached hydrogens (primary N) is 1. The van der Waals surface area contributed by atoms with Gasteiger partial charge >= 0.3 is 0 Å². The Labute approximate surface area is 127 Å². The van der Waals surface area contributed by atoms with Crippen molar-refractivity contribution >= 4 is 5.91 Å². The molecule has 1 aromatic rings. The first kappa shape index (κ1) is 16.0. The third-order valence-corrected chi connectivity index (χ3v) is 4.26. The smallest absolute Gasteiger partial charge is 0.224 e. The zero-order valence-electron chi connectivity index (χ0n) is 13.1. The largest absolute Gasteiger partial charge is 0.371 e. The van der Waals surface area contributed by atoms with E-state index in [2.05, 4.69) is 36.5 Å². The van der Waals surface area contributed by atoms with E-state index < -0.39 is 0 Å². The molecule has 1 aliphatic rings. The molecule has 1 aromatic carbocycles. The zero-order valence-corrected chi connectivity index (χ0v) is 13.1. The molecule has 21 heavy (non-hydrogen) atoms. The van der Waals surface area contributed by atoms with Crippen molar-refractivity contribution in [1.29, 1.82) is 0 Å². The number of benzene rings is 1. The molecule has 1 amide bonds. The van der Waals surface area contributed by atoms with Gasteiger partial charge < -0.3 is 15.8 Å². The third-order valence-electron chi connectivity index (χ3n) is 4.26. The summed E-state index contributed by atoms with van der Waals surface area (Å²) in [4.78, 5) is 12.2. The molecule has 0 saturated carbocycles. The number of hydrogen-bond donors (Lipinski definition) is 2. The molecule has 0 aromatic heterocycles. The van der Waals surface area contributed by atoms with E-state index in [-0.39, 0.29) is 30.0 Å². The summed E-state index contributed by atoms with van der Waals surface area (Å²) in [6.07, 6.45) is 1.85. The fourth-order valence-electron chi connectivity index (χ4n) is 2.57. The first-order valence-electron chi connectivity index (χ1n) is 7.73. The third kappa shape index (κ3) is 4.05. The fourth-order valence-corrected chi connectivity index (χ4v) is 2.57. The van der Waals surface area contributed by atoms with Gasteiger partial charge in [-0.25, -0.2) is 0 Å². The van der Waals surface area contributed by atoms with Gasteiger partial charge in [-0.05, 0) is 32.3 Å². The van der Waals surface area contributed by atoms with E-state index in [1.54, 1.807) is 0 Å². The van der Waals surface area contributed by atoms with Crippen LogP contribution >= 0.6 is 0 Å². The molecule has 2 rings (SSSR count). The van der Waals surface area contributed by atoms with Crippen molar-refractivity contribution in [2.75, 3.05) is 6.61 Å². The van der Waals surface area contributed by atoms with Crippen LogP contribution in [0.1, 0.15) is 43.9 Å². The minimum absolute atomic E-state index is 0.0117. The van der Waals surface area contributed by atoms with Crippen LogP contribution in [-0.4, -0.2) is 24.6 Å². The topological polar surface area (TPSA) is 64.3 Å². The highest BCUT2D eigenvalue weighted by Gasteiger charge is 2.30. The standard InChI is InChI=1S/C17H26N2O2/c1-11-6-8-14(9-7-11)16-15(5-4-10-21-16)19-17(20)12(2)13(3)18/h6-9,12-13,15-16H,4-5,10,18H2,1-3H3,(H,19,20). The summed E-state index contributed by atoms with van der Waals surface area (Å²) in [5, 5.41) is 3.12. The number of ether oxygens (including phenoxy) is 1. The molecular formula is C17H26N2O2. The van der Waals surface area contributed by atoms with E-state index >= 15 is 0 Å². The molecule has 116 valence electrons. The Hall–Kier alpha value is -1.39. The number of hydrogen-bond acceptors (Lipinski definition) is 3. The Kier molecular flexibility index (Phi) is 5.37. The van der Waals surface area contributed by atoms with Crippen molar-refractivity contribution in [2.24, 2.45) is 11.7 Å². The highest BCUT2D eigenvalue weighted by atomic mass is 16.5. The quantitative estimate of drug-likeness (QED) is 0.894. The first-order valence-corrected chi connectivity index (χ1v) is 7.73. The molecule has 3 N–H and O–H groups in total. The molecule has 4 nitrogen and oxygen atoms in total. The van der Waals surface area contributed by atoms with Crippen molar-refractivity contribution in [2.45, 2.75) is 51.8 Å². The van der Waals surface area contributed by atoms with Crippen LogP contribution in [-0.2, 0) is 9.53 Å². The summed E-state index contributed by atoms with van der Waals surface area (Å²) < 4.78 is 5.91. The summed E-state index contributed by atoms with van der Waals surface area (Å²) in [7, 11) is 0. The summed E-state index contributed by atoms with van der Waals surface area (Å²) >= 11 is 0. The second-order valence-corrected chi connectivity index (χ2v) is 6.11. The molecular weight excluding hydrogens is 264 g/mol. The molecule has 0 radical (unpaired) electrons. The molecule has 4 unspecified atom stereocenters. The molecule has 4 heteroatoms. The molecule has 1 aliphatic heterocycles. The maximum atomic E-state index is 12.2. The lowest BCUT2D eigenvalue weighted by molar-refractivity contribution is -0.128. The Morgan fingerprint density at radius 1 is 1.33 bits per heavy atom. The fraction of sp³-hybridized carbons (Fsp3) is 0.588. The first-order chi connectivity index (χ1) is 9.99. The number of rotatable bonds is 4. The van der Waals surface area contributed by atoms with Crippen LogP contribution in [0.2, 0.25) is 0 Å². The van der Waals surface area contributed by atoms with Crippen LogP contribution in [0.3, 0.4) is 0 Å². The van der Waals surface area contributed by atoms with Crippen molar-refractivity contribution in [3.05, 3.63) is 35.4 Å². The average Bonchev–Trinajstić information content (AvgIpc) is 2.48. The Bertz CT molecular complexity index is 470. The van der Waals surface area contributed by atoms with Gasteiger partial charge in [0.1, 0.15) is 6.10 Å². The number of nitrogens with one attached hydrogen (secondary N) is 1. The van der Waals surface area contributed by atoms with E-state index in [0.29, 0.717) is 0 Å². The minimum Gasteiger partial charge on any atom is -0.371 e. The molecule has 1 heterocycles. The van der Waals surface area contributed by atoms with E-state index in [4.69, 9.17) is 10.5 Å². The number of carbonyl (C=O) groups is 1. The number of amides is 1. The van der Waals surface area contributed by atoms with E-state index in [9.17, 15) is 4.79 Å². The van der Waals surface area contributed by atoms with Crippen LogP contribution in [0.25, 0.3) is 0 Å². The molecule has 0 aliphatic carbocycles. The van der Waals surface area contributed by atoms with Gasteiger partial charge in [-0.3, -0.25) is 4.79 Å². The van der Waals surface area contributed by atoms with Crippen LogP contribution in [0.15, 0.2) is 24.3 Å². The van der Waals surface area contributed by atoms with Gasteiger partial charge in [-0.1, -0.05) is 36.8 Å². The van der Waals surface area contributed by atoms with Gasteiger partial charge in [0, 0.05) is 18.6 Å². The minimum atomic E-state index is -0.189. The lowest BCUT2D eigenvalue weighted by atomic mass is 9.94. The van der Waals surface area contributed by atoms with Gasteiger partial charge in [0.25, 0.3) is 0 Å².